The second-order valence-corrected chi connectivity index (χ2v) is 4.14. The maximum Gasteiger partial charge on any atom is 0.119 e. The lowest BCUT2D eigenvalue weighted by molar-refractivity contribution is 0.158. The van der Waals surface area contributed by atoms with Crippen LogP contribution < -0.4 is 4.74 Å². The number of hydrogen-bond acceptors (Lipinski definition) is 2. The fourth-order valence-electron chi connectivity index (χ4n) is 1.48. The van der Waals surface area contributed by atoms with Crippen molar-refractivity contribution >= 4 is 0 Å². The molecule has 0 aliphatic rings. The van der Waals surface area contributed by atoms with Gasteiger partial charge >= 0.3 is 0 Å². The van der Waals surface area contributed by atoms with Gasteiger partial charge in [0.05, 0.1) is 6.61 Å². The Morgan fingerprint density at radius 1 is 1.20 bits per heavy atom. The molecule has 1 aromatic rings. The van der Waals surface area contributed by atoms with Crippen molar-refractivity contribution in [3.8, 4) is 5.75 Å². The highest BCUT2D eigenvalue weighted by Crippen LogP contribution is 2.15. The number of ether oxygens (including phenoxy) is 1. The first-order valence-corrected chi connectivity index (χ1v) is 5.52. The van der Waals surface area contributed by atoms with Crippen molar-refractivity contribution in [1.82, 2.24) is 0 Å². The van der Waals surface area contributed by atoms with Crippen LogP contribution in [0.15, 0.2) is 30.3 Å². The first kappa shape index (κ1) is 12.1. The minimum atomic E-state index is 0.246. The second-order valence-electron chi connectivity index (χ2n) is 4.14. The van der Waals surface area contributed by atoms with E-state index in [1.165, 1.54) is 0 Å². The molecule has 0 aliphatic heterocycles. The molecule has 1 N–H and O–H groups in total. The Balaban J connectivity index is 2.27. The van der Waals surface area contributed by atoms with Gasteiger partial charge in [0, 0.05) is 6.61 Å². The highest BCUT2D eigenvalue weighted by atomic mass is 16.5. The molecule has 84 valence electrons. The van der Waals surface area contributed by atoms with Gasteiger partial charge in [-0.15, -0.1) is 0 Å². The van der Waals surface area contributed by atoms with Crippen molar-refractivity contribution in [2.24, 2.45) is 11.8 Å². The van der Waals surface area contributed by atoms with Gasteiger partial charge in [0.2, 0.25) is 0 Å². The minimum Gasteiger partial charge on any atom is -0.494 e. The van der Waals surface area contributed by atoms with E-state index >= 15 is 0 Å². The van der Waals surface area contributed by atoms with Crippen molar-refractivity contribution in [3.63, 3.8) is 0 Å². The third-order valence-electron chi connectivity index (χ3n) is 2.68. The Hall–Kier alpha value is -1.02. The van der Waals surface area contributed by atoms with Crippen LogP contribution in [0.3, 0.4) is 0 Å². The Morgan fingerprint density at radius 3 is 2.40 bits per heavy atom. The van der Waals surface area contributed by atoms with Crippen LogP contribution in [-0.4, -0.2) is 18.3 Å². The number of aliphatic hydroxyl groups excluding tert-OH is 1. The Labute approximate surface area is 91.9 Å². The zero-order valence-electron chi connectivity index (χ0n) is 9.52. The molecule has 0 spiro atoms. The number of rotatable bonds is 6. The summed E-state index contributed by atoms with van der Waals surface area (Å²) in [6, 6.07) is 9.78. The number of para-hydroxylation sites is 1. The summed E-state index contributed by atoms with van der Waals surface area (Å²) in [6.45, 7) is 5.18. The molecule has 0 saturated carbocycles. The highest BCUT2D eigenvalue weighted by Gasteiger charge is 2.11. The molecule has 0 aromatic heterocycles. The van der Waals surface area contributed by atoms with Gasteiger partial charge in [0.15, 0.2) is 0 Å². The Bertz CT molecular complexity index is 256. The lowest BCUT2D eigenvalue weighted by atomic mass is 9.94. The molecule has 1 atom stereocenters. The first-order chi connectivity index (χ1) is 7.24. The van der Waals surface area contributed by atoms with Gasteiger partial charge in [-0.2, -0.15) is 0 Å². The van der Waals surface area contributed by atoms with Crippen molar-refractivity contribution in [2.75, 3.05) is 13.2 Å². The van der Waals surface area contributed by atoms with Crippen molar-refractivity contribution in [3.05, 3.63) is 30.3 Å². The molecule has 0 fully saturated rings. The van der Waals surface area contributed by atoms with E-state index < -0.39 is 0 Å². The first-order valence-electron chi connectivity index (χ1n) is 5.52. The van der Waals surface area contributed by atoms with Crippen LogP contribution in [0.2, 0.25) is 0 Å². The zero-order valence-corrected chi connectivity index (χ0v) is 9.52. The maximum atomic E-state index is 9.14. The van der Waals surface area contributed by atoms with E-state index in [9.17, 15) is 0 Å². The van der Waals surface area contributed by atoms with Gasteiger partial charge in [-0.3, -0.25) is 0 Å². The largest absolute Gasteiger partial charge is 0.494 e. The SMILES string of the molecule is CC(C)C(CO)CCOc1ccccc1. The summed E-state index contributed by atoms with van der Waals surface area (Å²) in [5.74, 6) is 1.75. The van der Waals surface area contributed by atoms with Crippen molar-refractivity contribution < 1.29 is 9.84 Å². The molecule has 0 amide bonds. The molecule has 1 unspecified atom stereocenters. The topological polar surface area (TPSA) is 29.5 Å². The third kappa shape index (κ3) is 4.34. The van der Waals surface area contributed by atoms with Gasteiger partial charge in [0.1, 0.15) is 5.75 Å². The predicted octanol–water partition coefficient (Wildman–Crippen LogP) is 2.72. The molecule has 2 nitrogen and oxygen atoms in total. The fourth-order valence-corrected chi connectivity index (χ4v) is 1.48. The van der Waals surface area contributed by atoms with E-state index in [0.717, 1.165) is 12.2 Å². The van der Waals surface area contributed by atoms with E-state index in [-0.39, 0.29) is 6.61 Å². The lowest BCUT2D eigenvalue weighted by Crippen LogP contribution is -2.16. The van der Waals surface area contributed by atoms with Crippen LogP contribution in [0.1, 0.15) is 20.3 Å². The van der Waals surface area contributed by atoms with E-state index in [2.05, 4.69) is 13.8 Å². The van der Waals surface area contributed by atoms with Crippen LogP contribution >= 0.6 is 0 Å². The lowest BCUT2D eigenvalue weighted by Gasteiger charge is -2.18. The average Bonchev–Trinajstić information content (AvgIpc) is 2.25. The van der Waals surface area contributed by atoms with Gasteiger partial charge < -0.3 is 9.84 Å². The van der Waals surface area contributed by atoms with Gasteiger partial charge in [-0.1, -0.05) is 32.0 Å². The van der Waals surface area contributed by atoms with E-state index in [1.807, 2.05) is 30.3 Å². The van der Waals surface area contributed by atoms with Crippen LogP contribution in [0.5, 0.6) is 5.75 Å². The molecular formula is C13H20O2. The molecule has 0 aliphatic carbocycles. The summed E-state index contributed by atoms with van der Waals surface area (Å²) in [7, 11) is 0. The van der Waals surface area contributed by atoms with Crippen molar-refractivity contribution in [1.29, 1.82) is 0 Å². The van der Waals surface area contributed by atoms with Crippen LogP contribution in [0, 0.1) is 11.8 Å². The summed E-state index contributed by atoms with van der Waals surface area (Å²) in [6.07, 6.45) is 0.906. The number of benzene rings is 1. The molecule has 0 heterocycles. The zero-order chi connectivity index (χ0) is 11.1. The molecule has 15 heavy (non-hydrogen) atoms. The fraction of sp³-hybridized carbons (Fsp3) is 0.538. The van der Waals surface area contributed by atoms with Crippen LogP contribution in [0.25, 0.3) is 0 Å². The van der Waals surface area contributed by atoms with E-state index in [4.69, 9.17) is 9.84 Å². The molecule has 1 aromatic carbocycles. The summed E-state index contributed by atoms with van der Waals surface area (Å²) < 4.78 is 5.58. The van der Waals surface area contributed by atoms with Gasteiger partial charge in [0.25, 0.3) is 0 Å². The van der Waals surface area contributed by atoms with Crippen LogP contribution in [0.4, 0.5) is 0 Å². The molecule has 0 saturated heterocycles. The quantitative estimate of drug-likeness (QED) is 0.779. The second kappa shape index (κ2) is 6.46. The summed E-state index contributed by atoms with van der Waals surface area (Å²) >= 11 is 0. The molecular weight excluding hydrogens is 188 g/mol. The van der Waals surface area contributed by atoms with E-state index in [1.54, 1.807) is 0 Å². The van der Waals surface area contributed by atoms with Gasteiger partial charge in [-0.05, 0) is 30.4 Å². The monoisotopic (exact) mass is 208 g/mol. The predicted molar refractivity (Wildman–Crippen MR) is 62.0 cm³/mol. The average molecular weight is 208 g/mol. The highest BCUT2D eigenvalue weighted by molar-refractivity contribution is 5.20. The molecule has 0 bridgehead atoms. The minimum absolute atomic E-state index is 0.246. The summed E-state index contributed by atoms with van der Waals surface area (Å²) in [5, 5.41) is 9.14. The molecule has 2 heteroatoms. The van der Waals surface area contributed by atoms with Crippen molar-refractivity contribution in [2.45, 2.75) is 20.3 Å². The number of aliphatic hydroxyl groups is 1. The van der Waals surface area contributed by atoms with Gasteiger partial charge in [-0.25, -0.2) is 0 Å². The standard InChI is InChI=1S/C13H20O2/c1-11(2)12(10-14)8-9-15-13-6-4-3-5-7-13/h3-7,11-12,14H,8-10H2,1-2H3. The Morgan fingerprint density at radius 2 is 1.87 bits per heavy atom. The maximum absolute atomic E-state index is 9.14. The molecule has 0 radical (unpaired) electrons. The number of hydrogen-bond donors (Lipinski definition) is 1. The smallest absolute Gasteiger partial charge is 0.119 e. The van der Waals surface area contributed by atoms with Crippen LogP contribution in [-0.2, 0) is 0 Å². The molecule has 1 rings (SSSR count). The summed E-state index contributed by atoms with van der Waals surface area (Å²) in [5.41, 5.74) is 0. The Kier molecular flexibility index (Phi) is 5.19. The normalized spacial score (nSPS) is 12.8. The van der Waals surface area contributed by atoms with E-state index in [0.29, 0.717) is 18.4 Å². The summed E-state index contributed by atoms with van der Waals surface area (Å²) in [4.78, 5) is 0. The third-order valence-corrected chi connectivity index (χ3v) is 2.68.